The van der Waals surface area contributed by atoms with Gasteiger partial charge in [0.05, 0.1) is 6.04 Å². The number of likely N-dealkylation sites (tertiary alicyclic amines) is 1. The Balaban J connectivity index is 0.000000282. The van der Waals surface area contributed by atoms with Gasteiger partial charge in [-0.15, -0.1) is 0 Å². The Morgan fingerprint density at radius 1 is 0.441 bits per heavy atom. The molecular weight excluding hydrogens is 1450 g/mol. The number of aromatic carboxylic acids is 6. The molecule has 1 unspecified atom stereocenters. The van der Waals surface area contributed by atoms with Crippen LogP contribution in [0.2, 0.25) is 0 Å². The second-order valence-electron chi connectivity index (χ2n) is 25.8. The average Bonchev–Trinajstić information content (AvgIpc) is 1.72. The van der Waals surface area contributed by atoms with Gasteiger partial charge < -0.3 is 102 Å². The van der Waals surface area contributed by atoms with Gasteiger partial charge >= 0.3 is 41.9 Å². The minimum absolute atomic E-state index is 0.0104. The average molecular weight is 1550 g/mol. The Hall–Kier alpha value is -11.8. The first kappa shape index (κ1) is 91.5. The summed E-state index contributed by atoms with van der Waals surface area (Å²) in [6.45, 7) is 30.4. The molecule has 6 aromatic heterocycles. The third-order valence-electron chi connectivity index (χ3n) is 15.9. The number of hydrogen-bond donors (Lipinski definition) is 14. The molecule has 0 spiro atoms. The van der Waals surface area contributed by atoms with Gasteiger partial charge in [-0.25, -0.2) is 93.4 Å². The number of carboxylic acids is 6. The molecule has 41 nitrogen and oxygen atoms in total. The van der Waals surface area contributed by atoms with Crippen LogP contribution in [0.4, 0.5) is 39.7 Å². The number of aromatic nitrogens is 12. The van der Waals surface area contributed by atoms with Gasteiger partial charge in [0, 0.05) is 135 Å². The predicted molar refractivity (Wildman–Crippen MR) is 410 cm³/mol. The van der Waals surface area contributed by atoms with E-state index in [0.29, 0.717) is 74.2 Å². The van der Waals surface area contributed by atoms with Crippen LogP contribution < -0.4 is 47.4 Å². The Morgan fingerprint density at radius 2 is 0.793 bits per heavy atom. The standard InChI is InChI=1S/C14H20N4O4.C13H21N5O2.C12H18N4O2.C12H20N4O2.C10H14N4O3.C9H12N4O3/c1-14(2,3)22-13(21)17-9-4-5-18(7-9)11-6-10(12(19)20)15-8-16-11;1-17-5-7-18(8-6-17)4-2-3-14-12-9-11(13(19)20)15-10-16-12;17-12(18)10-8-11(15-9-14-10)13-4-3-7-16-5-1-2-6-16;1-3-16(4-2)7-5-6-13-11-8-10(12(17)18)14-9-15-11;1-7(15)11-3-2-4-12-9-5-8(10(16)17)13-6-14-9;1-6(14)10-2-3-11-8-4-7(9(15)16)12-5-13-8/h6,8-9H,4-5,7H2,1-3H3,(H,17,21)(H,19,20);9-10H,2-8H2,1H3,(H,19,20)(H,14,15,16);8-9H,1-7H2,(H,17,18)(H,13,14,15);8-9H,3-7H2,1-2H3,(H,17,18)(H,13,14,15);5-6H,2-4H2,1H3,(H,11,15)(H,16,17)(H,12,13,14);4-5H,2-3H2,1H3,(H,10,14)(H,15,16)(H,11,12,13). The summed E-state index contributed by atoms with van der Waals surface area (Å²) in [7, 11) is 2.15. The van der Waals surface area contributed by atoms with Crippen molar-refractivity contribution in [1.82, 2.24) is 95.4 Å². The molecule has 0 radical (unpaired) electrons. The lowest BCUT2D eigenvalue weighted by atomic mass is 10.2. The molecule has 0 aromatic carbocycles. The Bertz CT molecular complexity index is 3800. The summed E-state index contributed by atoms with van der Waals surface area (Å²) in [5.74, 6) is -3.46. The Kier molecular flexibility index (Phi) is 41.8. The monoisotopic (exact) mass is 1550 g/mol. The van der Waals surface area contributed by atoms with E-state index in [1.807, 2.05) is 25.7 Å². The molecule has 9 rings (SSSR count). The Morgan fingerprint density at radius 3 is 1.17 bits per heavy atom. The van der Waals surface area contributed by atoms with Crippen molar-refractivity contribution in [3.05, 3.63) is 109 Å². The van der Waals surface area contributed by atoms with Crippen molar-refractivity contribution in [2.24, 2.45) is 0 Å². The second kappa shape index (κ2) is 50.7. The van der Waals surface area contributed by atoms with Crippen molar-refractivity contribution >= 4 is 88.6 Å². The van der Waals surface area contributed by atoms with Gasteiger partial charge in [-0.05, 0) is 119 Å². The number of nitrogens with zero attached hydrogens (tertiary/aromatic N) is 17. The van der Waals surface area contributed by atoms with Gasteiger partial charge in [-0.3, -0.25) is 9.59 Å². The first-order valence-corrected chi connectivity index (χ1v) is 36.1. The number of carbonyl (C=O) groups is 9. The zero-order chi connectivity index (χ0) is 81.5. The van der Waals surface area contributed by atoms with Gasteiger partial charge in [-0.1, -0.05) is 13.8 Å². The van der Waals surface area contributed by atoms with Crippen LogP contribution >= 0.6 is 0 Å². The molecule has 1 atom stereocenters. The van der Waals surface area contributed by atoms with Gasteiger partial charge in [0.15, 0.2) is 34.2 Å². The zero-order valence-electron chi connectivity index (χ0n) is 64.0. The SMILES string of the molecule is CC(=O)NCCCNc1cc(C(=O)O)ncn1.CC(=O)NCCNc1cc(C(=O)O)ncn1.CC(C)(C)OC(=O)NC1CCN(c2cc(C(=O)O)ncn2)C1.CCN(CC)CCCNc1cc(C(=O)O)ncn1.CN1CCN(CCCNc2cc(C(=O)O)ncn2)CC1.O=C(O)c1cc(NCCCN2CCCC2)ncn1. The largest absolute Gasteiger partial charge is 0.477 e. The normalized spacial score (nSPS) is 13.8. The Labute approximate surface area is 643 Å². The fourth-order valence-corrected chi connectivity index (χ4v) is 10.2. The number of carbonyl (C=O) groups excluding carboxylic acids is 3. The first-order chi connectivity index (χ1) is 53.0. The number of hydrogen-bond acceptors (Lipinski definition) is 32. The maximum atomic E-state index is 11.7. The van der Waals surface area contributed by atoms with E-state index >= 15 is 0 Å². The number of nitrogens with one attached hydrogen (secondary N) is 8. The molecule has 0 saturated carbocycles. The van der Waals surface area contributed by atoms with Crippen LogP contribution in [0.25, 0.3) is 0 Å². The quantitative estimate of drug-likeness (QED) is 0.0256. The van der Waals surface area contributed by atoms with Crippen molar-refractivity contribution in [2.75, 3.05) is 169 Å². The molecular formula is C70H105N25O16. The van der Waals surface area contributed by atoms with E-state index in [0.717, 1.165) is 111 Å². The van der Waals surface area contributed by atoms with Crippen LogP contribution in [0.15, 0.2) is 74.4 Å². The highest BCUT2D eigenvalue weighted by atomic mass is 16.6. The smallest absolute Gasteiger partial charge is 0.407 e. The highest BCUT2D eigenvalue weighted by Crippen LogP contribution is 2.20. The van der Waals surface area contributed by atoms with Crippen LogP contribution in [0.1, 0.15) is 156 Å². The number of anilines is 6. The summed E-state index contributed by atoms with van der Waals surface area (Å²) in [5.41, 5.74) is -0.661. The first-order valence-electron chi connectivity index (χ1n) is 36.1. The summed E-state index contributed by atoms with van der Waals surface area (Å²) in [4.78, 5) is 154. The molecule has 3 aliphatic heterocycles. The molecule has 0 aliphatic carbocycles. The van der Waals surface area contributed by atoms with Crippen LogP contribution in [-0.2, 0) is 14.3 Å². The van der Waals surface area contributed by atoms with E-state index in [2.05, 4.69) is 143 Å². The highest BCUT2D eigenvalue weighted by molar-refractivity contribution is 5.88. The maximum absolute atomic E-state index is 11.7. The summed E-state index contributed by atoms with van der Waals surface area (Å²) in [6.07, 6.45) is 14.1. The van der Waals surface area contributed by atoms with E-state index in [1.165, 1.54) is 114 Å². The van der Waals surface area contributed by atoms with Crippen LogP contribution in [0, 0.1) is 0 Å². The van der Waals surface area contributed by atoms with Gasteiger partial charge in [-0.2, -0.15) is 0 Å². The van der Waals surface area contributed by atoms with E-state index in [9.17, 15) is 43.2 Å². The molecule has 3 saturated heterocycles. The van der Waals surface area contributed by atoms with Gasteiger partial charge in [0.25, 0.3) is 0 Å². The minimum Gasteiger partial charge on any atom is -0.477 e. The van der Waals surface area contributed by atoms with Crippen molar-refractivity contribution in [3.8, 4) is 0 Å². The number of carboxylic acid groups (broad SMARTS) is 6. The van der Waals surface area contributed by atoms with Crippen molar-refractivity contribution in [3.63, 3.8) is 0 Å². The summed E-state index contributed by atoms with van der Waals surface area (Å²) in [5, 5.41) is 76.0. The predicted octanol–water partition coefficient (Wildman–Crippen LogP) is 3.73. The summed E-state index contributed by atoms with van der Waals surface area (Å²) >= 11 is 0. The molecule has 14 N–H and O–H groups in total. The van der Waals surface area contributed by atoms with E-state index in [4.69, 9.17) is 35.4 Å². The van der Waals surface area contributed by atoms with Gasteiger partial charge in [0.2, 0.25) is 11.8 Å². The summed E-state index contributed by atoms with van der Waals surface area (Å²) < 4.78 is 5.22. The molecule has 606 valence electrons. The number of piperazine rings is 1. The number of likely N-dealkylation sites (N-methyl/N-ethyl adjacent to an activating group) is 1. The highest BCUT2D eigenvalue weighted by Gasteiger charge is 2.28. The molecule has 41 heteroatoms. The fourth-order valence-electron chi connectivity index (χ4n) is 10.2. The van der Waals surface area contributed by atoms with Crippen molar-refractivity contribution in [2.45, 2.75) is 105 Å². The lowest BCUT2D eigenvalue weighted by Gasteiger charge is -2.32. The fraction of sp³-hybridized carbons (Fsp3) is 0.529. The molecule has 6 aromatic rings. The number of ether oxygens (including phenoxy) is 1. The zero-order valence-corrected chi connectivity index (χ0v) is 64.0. The second-order valence-corrected chi connectivity index (χ2v) is 25.8. The van der Waals surface area contributed by atoms with Crippen LogP contribution in [0.5, 0.6) is 0 Å². The van der Waals surface area contributed by atoms with E-state index in [-0.39, 0.29) is 52.0 Å². The van der Waals surface area contributed by atoms with Crippen molar-refractivity contribution < 1.29 is 78.5 Å². The number of rotatable bonds is 34. The third kappa shape index (κ3) is 39.7. The maximum Gasteiger partial charge on any atom is 0.407 e. The topological polar surface area (TPSA) is 551 Å². The molecule has 3 amide bonds. The summed E-state index contributed by atoms with van der Waals surface area (Å²) in [6, 6.07) is 8.42. The number of amides is 3. The van der Waals surface area contributed by atoms with E-state index in [1.54, 1.807) is 0 Å². The lowest BCUT2D eigenvalue weighted by Crippen LogP contribution is -2.44. The van der Waals surface area contributed by atoms with E-state index < -0.39 is 47.5 Å². The third-order valence-corrected chi connectivity index (χ3v) is 15.9. The number of alkyl carbamates (subject to hydrolysis) is 1. The lowest BCUT2D eigenvalue weighted by molar-refractivity contribution is -0.119. The molecule has 9 heterocycles. The minimum atomic E-state index is -1.10. The molecule has 3 fully saturated rings. The van der Waals surface area contributed by atoms with Crippen LogP contribution in [-0.4, -0.2) is 313 Å². The molecule has 111 heavy (non-hydrogen) atoms. The van der Waals surface area contributed by atoms with Crippen LogP contribution in [0.3, 0.4) is 0 Å². The molecule has 3 aliphatic rings. The van der Waals surface area contributed by atoms with Gasteiger partial charge in [0.1, 0.15) is 78.5 Å². The van der Waals surface area contributed by atoms with Crippen molar-refractivity contribution in [1.29, 1.82) is 0 Å². The molecule has 0 bridgehead atoms.